The second-order valence-corrected chi connectivity index (χ2v) is 6.04. The Bertz CT molecular complexity index is 399. The standard InChI is InChI=1S/C16H24ClNO/c1-4-16(13-6-5-7-14(17)10-13)18-15-8-11(2)19-12(3)9-15/h5-7,10-12,15-16,18H,4,8-9H2,1-3H3. The summed E-state index contributed by atoms with van der Waals surface area (Å²) in [6, 6.07) is 9.07. The van der Waals surface area contributed by atoms with Crippen molar-refractivity contribution in [3.8, 4) is 0 Å². The zero-order valence-electron chi connectivity index (χ0n) is 12.0. The van der Waals surface area contributed by atoms with Crippen LogP contribution >= 0.6 is 11.6 Å². The lowest BCUT2D eigenvalue weighted by molar-refractivity contribution is -0.0437. The van der Waals surface area contributed by atoms with E-state index in [4.69, 9.17) is 16.3 Å². The highest BCUT2D eigenvalue weighted by molar-refractivity contribution is 6.30. The van der Waals surface area contributed by atoms with Crippen LogP contribution in [0.15, 0.2) is 24.3 Å². The van der Waals surface area contributed by atoms with Crippen molar-refractivity contribution in [1.29, 1.82) is 0 Å². The van der Waals surface area contributed by atoms with Gasteiger partial charge in [-0.1, -0.05) is 30.7 Å². The van der Waals surface area contributed by atoms with Gasteiger partial charge in [0.25, 0.3) is 0 Å². The topological polar surface area (TPSA) is 21.3 Å². The van der Waals surface area contributed by atoms with E-state index in [2.05, 4.69) is 38.2 Å². The number of ether oxygens (including phenoxy) is 1. The molecule has 1 aliphatic heterocycles. The highest BCUT2D eigenvalue weighted by Crippen LogP contribution is 2.25. The molecule has 3 atom stereocenters. The number of nitrogens with one attached hydrogen (secondary N) is 1. The first-order valence-electron chi connectivity index (χ1n) is 7.25. The molecule has 2 rings (SSSR count). The van der Waals surface area contributed by atoms with Gasteiger partial charge in [0.2, 0.25) is 0 Å². The van der Waals surface area contributed by atoms with Crippen LogP contribution in [0.3, 0.4) is 0 Å². The molecule has 3 heteroatoms. The molecule has 1 aromatic carbocycles. The van der Waals surface area contributed by atoms with Crippen molar-refractivity contribution in [1.82, 2.24) is 5.32 Å². The van der Waals surface area contributed by atoms with E-state index in [9.17, 15) is 0 Å². The van der Waals surface area contributed by atoms with Crippen molar-refractivity contribution in [3.63, 3.8) is 0 Å². The summed E-state index contributed by atoms with van der Waals surface area (Å²) in [5.41, 5.74) is 1.28. The average Bonchev–Trinajstić information content (AvgIpc) is 2.34. The predicted molar refractivity (Wildman–Crippen MR) is 80.7 cm³/mol. The van der Waals surface area contributed by atoms with Crippen LogP contribution in [0, 0.1) is 0 Å². The van der Waals surface area contributed by atoms with Gasteiger partial charge in [0.1, 0.15) is 0 Å². The molecule has 1 N–H and O–H groups in total. The molecule has 3 unspecified atom stereocenters. The fourth-order valence-electron chi connectivity index (χ4n) is 3.00. The van der Waals surface area contributed by atoms with Gasteiger partial charge in [0.15, 0.2) is 0 Å². The Labute approximate surface area is 121 Å². The zero-order valence-corrected chi connectivity index (χ0v) is 12.8. The van der Waals surface area contributed by atoms with Crippen molar-refractivity contribution >= 4 is 11.6 Å². The molecule has 1 heterocycles. The lowest BCUT2D eigenvalue weighted by Gasteiger charge is -2.35. The molecule has 0 amide bonds. The minimum absolute atomic E-state index is 0.345. The van der Waals surface area contributed by atoms with Crippen LogP contribution in [0.2, 0.25) is 5.02 Å². The summed E-state index contributed by atoms with van der Waals surface area (Å²) in [6.45, 7) is 6.53. The first-order chi connectivity index (χ1) is 9.08. The molecule has 0 spiro atoms. The zero-order chi connectivity index (χ0) is 13.8. The van der Waals surface area contributed by atoms with Gasteiger partial charge < -0.3 is 10.1 Å². The van der Waals surface area contributed by atoms with Gasteiger partial charge in [0.05, 0.1) is 12.2 Å². The van der Waals surface area contributed by atoms with Gasteiger partial charge in [-0.3, -0.25) is 0 Å². The van der Waals surface area contributed by atoms with Crippen molar-refractivity contribution in [2.75, 3.05) is 0 Å². The number of hydrogen-bond acceptors (Lipinski definition) is 2. The summed E-state index contributed by atoms with van der Waals surface area (Å²) in [4.78, 5) is 0. The molecule has 0 radical (unpaired) electrons. The smallest absolute Gasteiger partial charge is 0.0565 e. The third kappa shape index (κ3) is 4.20. The van der Waals surface area contributed by atoms with E-state index in [1.54, 1.807) is 0 Å². The van der Waals surface area contributed by atoms with Crippen LogP contribution in [0.25, 0.3) is 0 Å². The van der Waals surface area contributed by atoms with Gasteiger partial charge in [-0.15, -0.1) is 0 Å². The number of benzene rings is 1. The molecule has 19 heavy (non-hydrogen) atoms. The van der Waals surface area contributed by atoms with Crippen LogP contribution in [0.5, 0.6) is 0 Å². The number of halogens is 1. The molecular weight excluding hydrogens is 258 g/mol. The summed E-state index contributed by atoms with van der Waals surface area (Å²) >= 11 is 6.09. The van der Waals surface area contributed by atoms with Gasteiger partial charge in [0, 0.05) is 17.1 Å². The Morgan fingerprint density at radius 2 is 2.00 bits per heavy atom. The van der Waals surface area contributed by atoms with E-state index < -0.39 is 0 Å². The average molecular weight is 282 g/mol. The van der Waals surface area contributed by atoms with Crippen molar-refractivity contribution in [2.24, 2.45) is 0 Å². The largest absolute Gasteiger partial charge is 0.375 e. The Kier molecular flexibility index (Phi) is 5.26. The van der Waals surface area contributed by atoms with Crippen LogP contribution < -0.4 is 5.32 Å². The van der Waals surface area contributed by atoms with Crippen LogP contribution in [0.4, 0.5) is 0 Å². The van der Waals surface area contributed by atoms with E-state index in [-0.39, 0.29) is 0 Å². The van der Waals surface area contributed by atoms with E-state index in [0.717, 1.165) is 24.3 Å². The number of rotatable bonds is 4. The molecule has 0 aliphatic carbocycles. The van der Waals surface area contributed by atoms with Crippen LogP contribution in [-0.4, -0.2) is 18.2 Å². The normalized spacial score (nSPS) is 29.2. The minimum atomic E-state index is 0.345. The molecule has 1 saturated heterocycles. The third-order valence-corrected chi connectivity index (χ3v) is 4.03. The Balaban J connectivity index is 2.02. The molecule has 0 aromatic heterocycles. The Morgan fingerprint density at radius 1 is 1.32 bits per heavy atom. The SMILES string of the molecule is CCC(NC1CC(C)OC(C)C1)c1cccc(Cl)c1. The van der Waals surface area contributed by atoms with Crippen LogP contribution in [-0.2, 0) is 4.74 Å². The minimum Gasteiger partial charge on any atom is -0.375 e. The molecule has 0 bridgehead atoms. The maximum absolute atomic E-state index is 6.09. The molecule has 106 valence electrons. The molecule has 0 saturated carbocycles. The molecule has 1 aromatic rings. The second-order valence-electron chi connectivity index (χ2n) is 5.61. The maximum Gasteiger partial charge on any atom is 0.0565 e. The van der Waals surface area contributed by atoms with Crippen molar-refractivity contribution in [2.45, 2.75) is 64.3 Å². The second kappa shape index (κ2) is 6.74. The summed E-state index contributed by atoms with van der Waals surface area (Å²) in [5, 5.41) is 4.58. The van der Waals surface area contributed by atoms with E-state index >= 15 is 0 Å². The predicted octanol–water partition coefficient (Wildman–Crippen LogP) is 4.34. The fraction of sp³-hybridized carbons (Fsp3) is 0.625. The highest BCUT2D eigenvalue weighted by Gasteiger charge is 2.26. The first kappa shape index (κ1) is 14.8. The van der Waals surface area contributed by atoms with Crippen molar-refractivity contribution in [3.05, 3.63) is 34.9 Å². The lowest BCUT2D eigenvalue weighted by atomic mass is 9.96. The maximum atomic E-state index is 6.09. The van der Waals surface area contributed by atoms with Gasteiger partial charge in [-0.05, 0) is 50.8 Å². The summed E-state index contributed by atoms with van der Waals surface area (Å²) in [6.07, 6.45) is 3.93. The Morgan fingerprint density at radius 3 is 2.58 bits per heavy atom. The van der Waals surface area contributed by atoms with E-state index in [1.807, 2.05) is 12.1 Å². The van der Waals surface area contributed by atoms with E-state index in [0.29, 0.717) is 24.3 Å². The third-order valence-electron chi connectivity index (χ3n) is 3.79. The molecule has 1 fully saturated rings. The summed E-state index contributed by atoms with van der Waals surface area (Å²) in [5.74, 6) is 0. The molecular formula is C16H24ClNO. The summed E-state index contributed by atoms with van der Waals surface area (Å²) < 4.78 is 5.80. The highest BCUT2D eigenvalue weighted by atomic mass is 35.5. The van der Waals surface area contributed by atoms with Gasteiger partial charge in [-0.2, -0.15) is 0 Å². The van der Waals surface area contributed by atoms with Gasteiger partial charge in [-0.25, -0.2) is 0 Å². The van der Waals surface area contributed by atoms with E-state index in [1.165, 1.54) is 5.56 Å². The summed E-state index contributed by atoms with van der Waals surface area (Å²) in [7, 11) is 0. The molecule has 1 aliphatic rings. The quantitative estimate of drug-likeness (QED) is 0.887. The monoisotopic (exact) mass is 281 g/mol. The fourth-order valence-corrected chi connectivity index (χ4v) is 3.20. The van der Waals surface area contributed by atoms with Gasteiger partial charge >= 0.3 is 0 Å². The van der Waals surface area contributed by atoms with Crippen molar-refractivity contribution < 1.29 is 4.74 Å². The number of hydrogen-bond donors (Lipinski definition) is 1. The van der Waals surface area contributed by atoms with Crippen LogP contribution in [0.1, 0.15) is 51.6 Å². The molecule has 2 nitrogen and oxygen atoms in total. The lowest BCUT2D eigenvalue weighted by Crippen LogP contribution is -2.42. The first-order valence-corrected chi connectivity index (χ1v) is 7.63. The Hall–Kier alpha value is -0.570.